The third-order valence-electron chi connectivity index (χ3n) is 2.50. The molecule has 0 N–H and O–H groups in total. The summed E-state index contributed by atoms with van der Waals surface area (Å²) in [7, 11) is 0. The minimum absolute atomic E-state index is 0.149. The topological polar surface area (TPSA) is 46.4 Å². The molecule has 0 spiro atoms. The molecule has 0 aliphatic carbocycles. The number of rotatable bonds is 2. The quantitative estimate of drug-likeness (QED) is 0.415. The smallest absolute Gasteiger partial charge is 0.269 e. The van der Waals surface area contributed by atoms with Gasteiger partial charge in [-0.05, 0) is 11.1 Å². The molecular weight excluding hydrogens is 192 g/mol. The Morgan fingerprint density at radius 1 is 1.47 bits per heavy atom. The Hall–Kier alpha value is -1.86. The zero-order valence-electron chi connectivity index (χ0n) is 8.14. The number of hydrogen-bond acceptors (Lipinski definition) is 3. The van der Waals surface area contributed by atoms with Crippen molar-refractivity contribution in [1.82, 2.24) is 4.90 Å². The fourth-order valence-corrected chi connectivity index (χ4v) is 1.81. The standard InChI is InChI=1S/C11H10N2O2/c1-2-5-12-7-9-3-4-11(13(14)15)6-10(9)8-12/h1,3-4,6H,5,7-8H2. The molecule has 0 unspecified atom stereocenters. The van der Waals surface area contributed by atoms with Gasteiger partial charge in [0.05, 0.1) is 11.5 Å². The summed E-state index contributed by atoms with van der Waals surface area (Å²) in [5.41, 5.74) is 2.30. The van der Waals surface area contributed by atoms with E-state index in [0.717, 1.165) is 17.7 Å². The minimum Gasteiger partial charge on any atom is -0.284 e. The zero-order chi connectivity index (χ0) is 10.8. The third-order valence-corrected chi connectivity index (χ3v) is 2.50. The lowest BCUT2D eigenvalue weighted by Gasteiger charge is -2.08. The van der Waals surface area contributed by atoms with Crippen LogP contribution in [0.2, 0.25) is 0 Å². The summed E-state index contributed by atoms with van der Waals surface area (Å²) in [6.45, 7) is 2.08. The van der Waals surface area contributed by atoms with E-state index in [1.165, 1.54) is 6.07 Å². The van der Waals surface area contributed by atoms with Crippen LogP contribution in [-0.2, 0) is 13.1 Å². The molecular formula is C11H10N2O2. The maximum atomic E-state index is 10.6. The molecule has 4 heteroatoms. The Kier molecular flexibility index (Phi) is 2.40. The van der Waals surface area contributed by atoms with Gasteiger partial charge in [-0.1, -0.05) is 12.0 Å². The Balaban J connectivity index is 2.24. The van der Waals surface area contributed by atoms with E-state index in [9.17, 15) is 10.1 Å². The van der Waals surface area contributed by atoms with Crippen LogP contribution in [-0.4, -0.2) is 16.4 Å². The molecule has 0 amide bonds. The number of nitrogens with zero attached hydrogens (tertiary/aromatic N) is 2. The number of nitro benzene ring substituents is 1. The minimum atomic E-state index is -0.371. The molecule has 1 aromatic rings. The van der Waals surface area contributed by atoms with Crippen LogP contribution in [0.25, 0.3) is 0 Å². The fourth-order valence-electron chi connectivity index (χ4n) is 1.81. The summed E-state index contributed by atoms with van der Waals surface area (Å²) < 4.78 is 0. The van der Waals surface area contributed by atoms with E-state index in [0.29, 0.717) is 13.1 Å². The van der Waals surface area contributed by atoms with Crippen LogP contribution in [0.1, 0.15) is 11.1 Å². The van der Waals surface area contributed by atoms with E-state index >= 15 is 0 Å². The van der Waals surface area contributed by atoms with Gasteiger partial charge in [0.2, 0.25) is 0 Å². The number of benzene rings is 1. The molecule has 0 radical (unpaired) electrons. The summed E-state index contributed by atoms with van der Waals surface area (Å²) in [6, 6.07) is 4.98. The number of fused-ring (bicyclic) bond motifs is 1. The Morgan fingerprint density at radius 3 is 2.87 bits per heavy atom. The SMILES string of the molecule is C#CCN1Cc2ccc([N+](=O)[O-])cc2C1. The molecule has 15 heavy (non-hydrogen) atoms. The monoisotopic (exact) mass is 202 g/mol. The largest absolute Gasteiger partial charge is 0.284 e. The second-order valence-electron chi connectivity index (χ2n) is 3.56. The highest BCUT2D eigenvalue weighted by Crippen LogP contribution is 2.26. The van der Waals surface area contributed by atoms with Gasteiger partial charge >= 0.3 is 0 Å². The van der Waals surface area contributed by atoms with Gasteiger partial charge in [0.1, 0.15) is 0 Å². The maximum absolute atomic E-state index is 10.6. The molecule has 76 valence electrons. The molecule has 4 nitrogen and oxygen atoms in total. The number of non-ortho nitro benzene ring substituents is 1. The molecule has 1 aliphatic heterocycles. The number of terminal acetylenes is 1. The molecule has 0 saturated heterocycles. The van der Waals surface area contributed by atoms with Gasteiger partial charge in [0.15, 0.2) is 0 Å². The predicted octanol–water partition coefficient (Wildman–Crippen LogP) is 1.54. The van der Waals surface area contributed by atoms with Crippen molar-refractivity contribution in [2.24, 2.45) is 0 Å². The van der Waals surface area contributed by atoms with Gasteiger partial charge in [-0.2, -0.15) is 0 Å². The van der Waals surface area contributed by atoms with Crippen LogP contribution < -0.4 is 0 Å². The van der Waals surface area contributed by atoms with Crippen LogP contribution in [0.15, 0.2) is 18.2 Å². The van der Waals surface area contributed by atoms with Crippen LogP contribution in [0.3, 0.4) is 0 Å². The van der Waals surface area contributed by atoms with Crippen molar-refractivity contribution in [1.29, 1.82) is 0 Å². The van der Waals surface area contributed by atoms with Crippen molar-refractivity contribution in [3.8, 4) is 12.3 Å². The first-order chi connectivity index (χ1) is 7.20. The van der Waals surface area contributed by atoms with E-state index < -0.39 is 0 Å². The average Bonchev–Trinajstić information content (AvgIpc) is 2.59. The highest BCUT2D eigenvalue weighted by atomic mass is 16.6. The molecule has 1 heterocycles. The first-order valence-corrected chi connectivity index (χ1v) is 4.62. The first kappa shape index (κ1) is 9.69. The number of hydrogen-bond donors (Lipinski definition) is 0. The van der Waals surface area contributed by atoms with Gasteiger partial charge in [-0.25, -0.2) is 0 Å². The molecule has 0 bridgehead atoms. The van der Waals surface area contributed by atoms with Crippen molar-refractivity contribution >= 4 is 5.69 Å². The van der Waals surface area contributed by atoms with Gasteiger partial charge in [0, 0.05) is 25.2 Å². The summed E-state index contributed by atoms with van der Waals surface area (Å²) >= 11 is 0. The lowest BCUT2D eigenvalue weighted by atomic mass is 10.1. The van der Waals surface area contributed by atoms with Gasteiger partial charge in [-0.15, -0.1) is 6.42 Å². The lowest BCUT2D eigenvalue weighted by Crippen LogP contribution is -2.15. The van der Waals surface area contributed by atoms with E-state index in [1.54, 1.807) is 6.07 Å². The van der Waals surface area contributed by atoms with E-state index in [-0.39, 0.29) is 10.6 Å². The summed E-state index contributed by atoms with van der Waals surface area (Å²) in [6.07, 6.45) is 5.22. The van der Waals surface area contributed by atoms with Crippen molar-refractivity contribution in [3.05, 3.63) is 39.4 Å². The van der Waals surface area contributed by atoms with Crippen molar-refractivity contribution in [2.75, 3.05) is 6.54 Å². The molecule has 0 atom stereocenters. The second-order valence-corrected chi connectivity index (χ2v) is 3.56. The van der Waals surface area contributed by atoms with E-state index in [1.807, 2.05) is 6.07 Å². The van der Waals surface area contributed by atoms with Crippen molar-refractivity contribution in [2.45, 2.75) is 13.1 Å². The summed E-state index contributed by atoms with van der Waals surface area (Å²) in [5.74, 6) is 2.57. The predicted molar refractivity (Wildman–Crippen MR) is 56.0 cm³/mol. The lowest BCUT2D eigenvalue weighted by molar-refractivity contribution is -0.384. The van der Waals surface area contributed by atoms with Crippen LogP contribution in [0.5, 0.6) is 0 Å². The molecule has 2 rings (SSSR count). The van der Waals surface area contributed by atoms with Crippen LogP contribution in [0.4, 0.5) is 5.69 Å². The molecule has 1 aliphatic rings. The Bertz CT molecular complexity index is 448. The summed E-state index contributed by atoms with van der Waals surface area (Å²) in [5, 5.41) is 10.6. The summed E-state index contributed by atoms with van der Waals surface area (Å²) in [4.78, 5) is 12.3. The second kappa shape index (κ2) is 3.71. The van der Waals surface area contributed by atoms with Crippen molar-refractivity contribution < 1.29 is 4.92 Å². The molecule has 0 saturated carbocycles. The van der Waals surface area contributed by atoms with Crippen LogP contribution >= 0.6 is 0 Å². The Labute approximate surface area is 87.7 Å². The average molecular weight is 202 g/mol. The van der Waals surface area contributed by atoms with Crippen molar-refractivity contribution in [3.63, 3.8) is 0 Å². The molecule has 1 aromatic carbocycles. The van der Waals surface area contributed by atoms with Crippen LogP contribution in [0, 0.1) is 22.5 Å². The van der Waals surface area contributed by atoms with Gasteiger partial charge in [-0.3, -0.25) is 15.0 Å². The maximum Gasteiger partial charge on any atom is 0.269 e. The highest BCUT2D eigenvalue weighted by Gasteiger charge is 2.20. The Morgan fingerprint density at radius 2 is 2.20 bits per heavy atom. The number of nitro groups is 1. The third kappa shape index (κ3) is 1.83. The van der Waals surface area contributed by atoms with Gasteiger partial charge < -0.3 is 0 Å². The molecule has 0 aromatic heterocycles. The highest BCUT2D eigenvalue weighted by molar-refractivity contribution is 5.41. The van der Waals surface area contributed by atoms with E-state index in [2.05, 4.69) is 10.8 Å². The molecule has 0 fully saturated rings. The van der Waals surface area contributed by atoms with Gasteiger partial charge in [0.25, 0.3) is 5.69 Å². The van der Waals surface area contributed by atoms with E-state index in [4.69, 9.17) is 6.42 Å². The first-order valence-electron chi connectivity index (χ1n) is 4.62. The normalized spacial score (nSPS) is 14.6. The fraction of sp³-hybridized carbons (Fsp3) is 0.273. The zero-order valence-corrected chi connectivity index (χ0v) is 8.14.